The minimum Gasteiger partial charge on any atom is -0.465 e. The number of aromatic nitrogens is 1. The van der Waals surface area contributed by atoms with Gasteiger partial charge in [0.25, 0.3) is 0 Å². The predicted molar refractivity (Wildman–Crippen MR) is 85.3 cm³/mol. The lowest BCUT2D eigenvalue weighted by Gasteiger charge is -2.30. The minimum atomic E-state index is -0.435. The molecule has 0 aliphatic carbocycles. The maximum atomic E-state index is 11.8. The quantitative estimate of drug-likeness (QED) is 0.754. The van der Waals surface area contributed by atoms with E-state index in [2.05, 4.69) is 30.4 Å². The third-order valence-electron chi connectivity index (χ3n) is 3.61. The molecule has 1 rings (SSSR count). The van der Waals surface area contributed by atoms with Crippen molar-refractivity contribution in [3.63, 3.8) is 0 Å². The number of hydrogen-bond acceptors (Lipinski definition) is 6. The molecule has 1 heterocycles. The Hall–Kier alpha value is -1.43. The molecule has 0 aliphatic rings. The zero-order chi connectivity index (χ0) is 15.2. The zero-order valence-electron chi connectivity index (χ0n) is 12.5. The number of pyridine rings is 1. The van der Waals surface area contributed by atoms with Crippen molar-refractivity contribution in [3.8, 4) is 0 Å². The highest BCUT2D eigenvalue weighted by Crippen LogP contribution is 2.31. The molecule has 0 unspecified atom stereocenters. The largest absolute Gasteiger partial charge is 0.465 e. The van der Waals surface area contributed by atoms with Gasteiger partial charge < -0.3 is 15.8 Å². The fraction of sp³-hybridized carbons (Fsp3) is 0.571. The van der Waals surface area contributed by atoms with Crippen LogP contribution in [0.15, 0.2) is 12.3 Å². The van der Waals surface area contributed by atoms with Crippen LogP contribution < -0.4 is 11.1 Å². The van der Waals surface area contributed by atoms with E-state index in [0.29, 0.717) is 17.1 Å². The molecule has 0 saturated carbocycles. The maximum Gasteiger partial charge on any atom is 0.341 e. The topological polar surface area (TPSA) is 77.2 Å². The summed E-state index contributed by atoms with van der Waals surface area (Å²) in [7, 11) is 1.35. The fourth-order valence-corrected chi connectivity index (χ4v) is 2.79. The summed E-state index contributed by atoms with van der Waals surface area (Å²) in [6.07, 6.45) is 5.72. The maximum absolute atomic E-state index is 11.8. The highest BCUT2D eigenvalue weighted by molar-refractivity contribution is 8.00. The van der Waals surface area contributed by atoms with Gasteiger partial charge in [0.15, 0.2) is 0 Å². The third kappa shape index (κ3) is 3.79. The number of esters is 1. The Bertz CT molecular complexity index is 453. The van der Waals surface area contributed by atoms with E-state index >= 15 is 0 Å². The van der Waals surface area contributed by atoms with E-state index in [9.17, 15) is 4.79 Å². The van der Waals surface area contributed by atoms with Crippen LogP contribution in [0, 0.1) is 0 Å². The second-order valence-electron chi connectivity index (χ2n) is 4.60. The van der Waals surface area contributed by atoms with Gasteiger partial charge in [0.2, 0.25) is 0 Å². The van der Waals surface area contributed by atoms with Crippen LogP contribution in [0.1, 0.15) is 37.0 Å². The van der Waals surface area contributed by atoms with Crippen LogP contribution in [-0.2, 0) is 4.74 Å². The van der Waals surface area contributed by atoms with Gasteiger partial charge in [-0.1, -0.05) is 13.8 Å². The molecule has 1 aromatic heterocycles. The first-order chi connectivity index (χ1) is 9.51. The van der Waals surface area contributed by atoms with Crippen LogP contribution in [0.3, 0.4) is 0 Å². The SMILES string of the molecule is CCC(CC)(CNc1ncc(N)cc1C(=O)OC)SC. The Morgan fingerprint density at radius 1 is 1.50 bits per heavy atom. The molecule has 6 heteroatoms. The zero-order valence-corrected chi connectivity index (χ0v) is 13.3. The van der Waals surface area contributed by atoms with Crippen molar-refractivity contribution in [2.24, 2.45) is 0 Å². The third-order valence-corrected chi connectivity index (χ3v) is 5.20. The number of thioether (sulfide) groups is 1. The Labute approximate surface area is 124 Å². The number of nitrogens with two attached hydrogens (primary N) is 1. The highest BCUT2D eigenvalue weighted by atomic mass is 32.2. The molecule has 0 amide bonds. The summed E-state index contributed by atoms with van der Waals surface area (Å²) in [5.41, 5.74) is 6.49. The van der Waals surface area contributed by atoms with Crippen LogP contribution >= 0.6 is 11.8 Å². The van der Waals surface area contributed by atoms with E-state index < -0.39 is 5.97 Å². The summed E-state index contributed by atoms with van der Waals surface area (Å²) in [6, 6.07) is 1.58. The molecular formula is C14H23N3O2S. The molecule has 0 atom stereocenters. The molecule has 0 bridgehead atoms. The fourth-order valence-electron chi connectivity index (χ4n) is 1.99. The van der Waals surface area contributed by atoms with Crippen LogP contribution in [0.25, 0.3) is 0 Å². The van der Waals surface area contributed by atoms with Gasteiger partial charge in [-0.2, -0.15) is 11.8 Å². The number of nitrogens with zero attached hydrogens (tertiary/aromatic N) is 1. The molecule has 0 saturated heterocycles. The number of ether oxygens (including phenoxy) is 1. The number of rotatable bonds is 7. The van der Waals surface area contributed by atoms with E-state index in [-0.39, 0.29) is 4.75 Å². The van der Waals surface area contributed by atoms with Crippen molar-refractivity contribution in [2.45, 2.75) is 31.4 Å². The predicted octanol–water partition coefficient (Wildman–Crippen LogP) is 2.78. The van der Waals surface area contributed by atoms with Crippen LogP contribution in [0.5, 0.6) is 0 Å². The van der Waals surface area contributed by atoms with Crippen LogP contribution in [-0.4, -0.2) is 35.6 Å². The first-order valence-corrected chi connectivity index (χ1v) is 7.87. The number of methoxy groups -OCH3 is 1. The Morgan fingerprint density at radius 3 is 2.65 bits per heavy atom. The Kier molecular flexibility index (Phi) is 6.13. The van der Waals surface area contributed by atoms with Gasteiger partial charge in [-0.15, -0.1) is 0 Å². The first-order valence-electron chi connectivity index (χ1n) is 6.64. The number of anilines is 2. The van der Waals surface area contributed by atoms with Crippen molar-refractivity contribution < 1.29 is 9.53 Å². The highest BCUT2D eigenvalue weighted by Gasteiger charge is 2.25. The van der Waals surface area contributed by atoms with E-state index in [0.717, 1.165) is 19.4 Å². The standard InChI is InChI=1S/C14H23N3O2S/c1-5-14(6-2,20-4)9-17-12-11(13(18)19-3)7-10(15)8-16-12/h7-8H,5-6,9,15H2,1-4H3,(H,16,17). The number of hydrogen-bond donors (Lipinski definition) is 2. The van der Waals surface area contributed by atoms with Crippen LogP contribution in [0.2, 0.25) is 0 Å². The molecule has 0 aliphatic heterocycles. The molecule has 5 nitrogen and oxygen atoms in total. The first kappa shape index (κ1) is 16.6. The smallest absolute Gasteiger partial charge is 0.341 e. The van der Waals surface area contributed by atoms with E-state index in [1.165, 1.54) is 13.3 Å². The van der Waals surface area contributed by atoms with Gasteiger partial charge >= 0.3 is 5.97 Å². The summed E-state index contributed by atoms with van der Waals surface area (Å²) in [5.74, 6) is 0.0847. The van der Waals surface area contributed by atoms with Crippen molar-refractivity contribution >= 4 is 29.2 Å². The lowest BCUT2D eigenvalue weighted by molar-refractivity contribution is 0.0601. The molecule has 0 radical (unpaired) electrons. The number of nitrogens with one attached hydrogen (secondary N) is 1. The molecular weight excluding hydrogens is 274 g/mol. The Balaban J connectivity index is 2.95. The minimum absolute atomic E-state index is 0.135. The average molecular weight is 297 g/mol. The second-order valence-corrected chi connectivity index (χ2v) is 5.88. The molecule has 1 aromatic rings. The van der Waals surface area contributed by atoms with Gasteiger partial charge in [0.1, 0.15) is 11.4 Å². The molecule has 0 aromatic carbocycles. The van der Waals surface area contributed by atoms with Crippen molar-refractivity contribution in [1.82, 2.24) is 4.98 Å². The van der Waals surface area contributed by atoms with Crippen molar-refractivity contribution in [2.75, 3.05) is 31.0 Å². The number of nitrogen functional groups attached to an aromatic ring is 1. The molecule has 20 heavy (non-hydrogen) atoms. The average Bonchev–Trinajstić information content (AvgIpc) is 2.49. The monoisotopic (exact) mass is 297 g/mol. The molecule has 3 N–H and O–H groups in total. The summed E-state index contributed by atoms with van der Waals surface area (Å²) in [5, 5.41) is 3.26. The van der Waals surface area contributed by atoms with E-state index in [1.54, 1.807) is 6.07 Å². The van der Waals surface area contributed by atoms with Crippen LogP contribution in [0.4, 0.5) is 11.5 Å². The lowest BCUT2D eigenvalue weighted by atomic mass is 10.0. The Morgan fingerprint density at radius 2 is 2.15 bits per heavy atom. The molecule has 0 fully saturated rings. The van der Waals surface area contributed by atoms with Gasteiger partial charge in [-0.25, -0.2) is 9.78 Å². The van der Waals surface area contributed by atoms with E-state index in [1.807, 2.05) is 11.8 Å². The summed E-state index contributed by atoms with van der Waals surface area (Å²) >= 11 is 1.83. The van der Waals surface area contributed by atoms with Gasteiger partial charge in [-0.05, 0) is 25.2 Å². The summed E-state index contributed by atoms with van der Waals surface area (Å²) in [4.78, 5) is 16.0. The number of carbonyl (C=O) groups excluding carboxylic acids is 1. The lowest BCUT2D eigenvalue weighted by Crippen LogP contribution is -2.32. The van der Waals surface area contributed by atoms with Gasteiger partial charge in [-0.3, -0.25) is 0 Å². The normalized spacial score (nSPS) is 11.2. The van der Waals surface area contributed by atoms with Gasteiger partial charge in [0.05, 0.1) is 19.0 Å². The summed E-state index contributed by atoms with van der Waals surface area (Å²) in [6.45, 7) is 5.07. The molecule has 112 valence electrons. The van der Waals surface area contributed by atoms with Crippen molar-refractivity contribution in [1.29, 1.82) is 0 Å². The summed E-state index contributed by atoms with van der Waals surface area (Å²) < 4.78 is 4.90. The molecule has 0 spiro atoms. The van der Waals surface area contributed by atoms with E-state index in [4.69, 9.17) is 10.5 Å². The second kappa shape index (κ2) is 7.38. The number of carbonyl (C=O) groups is 1. The van der Waals surface area contributed by atoms with Crippen molar-refractivity contribution in [3.05, 3.63) is 17.8 Å². The van der Waals surface area contributed by atoms with Gasteiger partial charge in [0, 0.05) is 11.3 Å².